The van der Waals surface area contributed by atoms with Crippen molar-refractivity contribution in [2.75, 3.05) is 0 Å². The summed E-state index contributed by atoms with van der Waals surface area (Å²) in [6, 6.07) is 11.9. The first-order valence-corrected chi connectivity index (χ1v) is 6.84. The van der Waals surface area contributed by atoms with Crippen molar-refractivity contribution in [2.24, 2.45) is 5.10 Å². The molecule has 0 aliphatic carbocycles. The number of rotatable bonds is 3. The predicted octanol–water partition coefficient (Wildman–Crippen LogP) is 3.19. The van der Waals surface area contributed by atoms with Crippen LogP contribution in [0.2, 0.25) is 0 Å². The van der Waals surface area contributed by atoms with E-state index in [9.17, 15) is 0 Å². The van der Waals surface area contributed by atoms with E-state index < -0.39 is 0 Å². The monoisotopic (exact) mass is 295 g/mol. The van der Waals surface area contributed by atoms with E-state index in [4.69, 9.17) is 12.2 Å². The molecule has 0 saturated heterocycles. The van der Waals surface area contributed by atoms with Gasteiger partial charge in [-0.25, -0.2) is 5.10 Å². The van der Waals surface area contributed by atoms with Gasteiger partial charge in [-0.1, -0.05) is 29.8 Å². The zero-order valence-corrected chi connectivity index (χ0v) is 12.2. The Labute approximate surface area is 127 Å². The van der Waals surface area contributed by atoms with Crippen molar-refractivity contribution < 1.29 is 0 Å². The Morgan fingerprint density at radius 3 is 2.76 bits per heavy atom. The van der Waals surface area contributed by atoms with E-state index in [1.54, 1.807) is 23.3 Å². The van der Waals surface area contributed by atoms with Crippen LogP contribution in [0.15, 0.2) is 53.9 Å². The molecule has 3 aromatic rings. The quantitative estimate of drug-likeness (QED) is 0.596. The fourth-order valence-electron chi connectivity index (χ4n) is 1.86. The van der Waals surface area contributed by atoms with Crippen LogP contribution in [0.4, 0.5) is 0 Å². The first kappa shape index (κ1) is 13.4. The minimum atomic E-state index is 0.442. The van der Waals surface area contributed by atoms with Gasteiger partial charge < -0.3 is 0 Å². The van der Waals surface area contributed by atoms with Crippen LogP contribution in [0, 0.1) is 11.7 Å². The summed E-state index contributed by atoms with van der Waals surface area (Å²) in [6.07, 6.45) is 5.19. The lowest BCUT2D eigenvalue weighted by Gasteiger charge is -2.00. The van der Waals surface area contributed by atoms with Crippen molar-refractivity contribution in [1.29, 1.82) is 0 Å². The molecule has 6 heteroatoms. The lowest BCUT2D eigenvalue weighted by atomic mass is 10.2. The smallest absolute Gasteiger partial charge is 0.216 e. The second-order valence-electron chi connectivity index (χ2n) is 4.56. The molecule has 5 nitrogen and oxygen atoms in total. The van der Waals surface area contributed by atoms with Crippen LogP contribution in [-0.2, 0) is 0 Å². The SMILES string of the molecule is Cc1ccc(/C=N\n2c(-c3cccnc3)n[nH]c2=S)cc1. The largest absolute Gasteiger partial charge is 0.264 e. The van der Waals surface area contributed by atoms with Crippen molar-refractivity contribution in [1.82, 2.24) is 19.9 Å². The van der Waals surface area contributed by atoms with Crippen LogP contribution in [0.1, 0.15) is 11.1 Å². The van der Waals surface area contributed by atoms with Gasteiger partial charge >= 0.3 is 0 Å². The maximum atomic E-state index is 5.22. The molecular weight excluding hydrogens is 282 g/mol. The van der Waals surface area contributed by atoms with E-state index >= 15 is 0 Å². The highest BCUT2D eigenvalue weighted by Gasteiger charge is 2.07. The third-order valence-electron chi connectivity index (χ3n) is 2.97. The normalized spacial score (nSPS) is 11.1. The Morgan fingerprint density at radius 2 is 2.05 bits per heavy atom. The molecule has 104 valence electrons. The summed E-state index contributed by atoms with van der Waals surface area (Å²) in [5.41, 5.74) is 3.06. The third kappa shape index (κ3) is 2.95. The molecule has 0 spiro atoms. The molecule has 3 rings (SSSR count). The van der Waals surface area contributed by atoms with Crippen molar-refractivity contribution in [3.05, 3.63) is 64.7 Å². The molecule has 0 fully saturated rings. The molecule has 0 atom stereocenters. The van der Waals surface area contributed by atoms with E-state index in [2.05, 4.69) is 20.3 Å². The Kier molecular flexibility index (Phi) is 3.70. The molecule has 0 bridgehead atoms. The summed E-state index contributed by atoms with van der Waals surface area (Å²) in [5.74, 6) is 0.636. The van der Waals surface area contributed by atoms with Gasteiger partial charge in [0.15, 0.2) is 5.82 Å². The van der Waals surface area contributed by atoms with Crippen LogP contribution in [0.5, 0.6) is 0 Å². The van der Waals surface area contributed by atoms with E-state index in [0.29, 0.717) is 10.6 Å². The van der Waals surface area contributed by atoms with Gasteiger partial charge in [0.2, 0.25) is 4.77 Å². The van der Waals surface area contributed by atoms with Gasteiger partial charge in [-0.05, 0) is 36.8 Å². The van der Waals surface area contributed by atoms with E-state index in [0.717, 1.165) is 11.1 Å². The zero-order chi connectivity index (χ0) is 14.7. The second-order valence-corrected chi connectivity index (χ2v) is 4.95. The molecule has 0 saturated carbocycles. The van der Waals surface area contributed by atoms with Gasteiger partial charge in [0.05, 0.1) is 6.21 Å². The van der Waals surface area contributed by atoms with Crippen molar-refractivity contribution in [2.45, 2.75) is 6.92 Å². The average molecular weight is 295 g/mol. The Hall–Kier alpha value is -2.60. The molecule has 2 aromatic heterocycles. The third-order valence-corrected chi connectivity index (χ3v) is 3.23. The topological polar surface area (TPSA) is 58.9 Å². The van der Waals surface area contributed by atoms with Crippen LogP contribution in [0.25, 0.3) is 11.4 Å². The highest BCUT2D eigenvalue weighted by atomic mass is 32.1. The number of aromatic amines is 1. The lowest BCUT2D eigenvalue weighted by molar-refractivity contribution is 0.871. The van der Waals surface area contributed by atoms with Crippen LogP contribution < -0.4 is 0 Å². The summed E-state index contributed by atoms with van der Waals surface area (Å²) in [4.78, 5) is 4.09. The highest BCUT2D eigenvalue weighted by Crippen LogP contribution is 2.15. The zero-order valence-electron chi connectivity index (χ0n) is 11.4. The Balaban J connectivity index is 1.98. The van der Waals surface area contributed by atoms with Crippen molar-refractivity contribution >= 4 is 18.4 Å². The number of aryl methyl sites for hydroxylation is 1. The van der Waals surface area contributed by atoms with Gasteiger partial charge in [-0.3, -0.25) is 4.98 Å². The molecule has 1 N–H and O–H groups in total. The number of aromatic nitrogens is 4. The van der Waals surface area contributed by atoms with Crippen LogP contribution in [-0.4, -0.2) is 26.1 Å². The van der Waals surface area contributed by atoms with Gasteiger partial charge in [0.1, 0.15) is 0 Å². The first-order chi connectivity index (χ1) is 10.2. The number of H-pyrrole nitrogens is 1. The summed E-state index contributed by atoms with van der Waals surface area (Å²) in [5, 5.41) is 11.4. The maximum Gasteiger partial charge on any atom is 0.216 e. The molecule has 2 heterocycles. The predicted molar refractivity (Wildman–Crippen MR) is 84.8 cm³/mol. The molecule has 0 amide bonds. The molecule has 1 aromatic carbocycles. The van der Waals surface area contributed by atoms with Gasteiger partial charge in [-0.2, -0.15) is 14.9 Å². The molecule has 0 unspecified atom stereocenters. The maximum absolute atomic E-state index is 5.22. The summed E-state index contributed by atoms with van der Waals surface area (Å²) < 4.78 is 2.03. The van der Waals surface area contributed by atoms with Crippen molar-refractivity contribution in [3.8, 4) is 11.4 Å². The van der Waals surface area contributed by atoms with E-state index in [1.165, 1.54) is 5.56 Å². The summed E-state index contributed by atoms with van der Waals surface area (Å²) in [7, 11) is 0. The number of hydrogen-bond donors (Lipinski definition) is 1. The number of benzene rings is 1. The summed E-state index contributed by atoms with van der Waals surface area (Å²) >= 11 is 5.22. The number of nitrogens with one attached hydrogen (secondary N) is 1. The second kappa shape index (κ2) is 5.80. The number of hydrogen-bond acceptors (Lipinski definition) is 4. The number of pyridine rings is 1. The molecule has 0 aliphatic heterocycles. The fraction of sp³-hybridized carbons (Fsp3) is 0.0667. The Morgan fingerprint density at radius 1 is 1.24 bits per heavy atom. The van der Waals surface area contributed by atoms with Gasteiger partial charge in [0.25, 0.3) is 0 Å². The molecule has 0 radical (unpaired) electrons. The average Bonchev–Trinajstić information content (AvgIpc) is 2.89. The minimum absolute atomic E-state index is 0.442. The molecular formula is C15H13N5S. The first-order valence-electron chi connectivity index (χ1n) is 6.43. The Bertz CT molecular complexity index is 815. The highest BCUT2D eigenvalue weighted by molar-refractivity contribution is 7.71. The molecule has 0 aliphatic rings. The van der Waals surface area contributed by atoms with E-state index in [-0.39, 0.29) is 0 Å². The summed E-state index contributed by atoms with van der Waals surface area (Å²) in [6.45, 7) is 2.05. The van der Waals surface area contributed by atoms with Crippen LogP contribution >= 0.6 is 12.2 Å². The lowest BCUT2D eigenvalue weighted by Crippen LogP contribution is -1.95. The molecule has 21 heavy (non-hydrogen) atoms. The van der Waals surface area contributed by atoms with Gasteiger partial charge in [-0.15, -0.1) is 0 Å². The van der Waals surface area contributed by atoms with Crippen molar-refractivity contribution in [3.63, 3.8) is 0 Å². The van der Waals surface area contributed by atoms with Gasteiger partial charge in [0, 0.05) is 18.0 Å². The fourth-order valence-corrected chi connectivity index (χ4v) is 2.04. The van der Waals surface area contributed by atoms with Crippen LogP contribution in [0.3, 0.4) is 0 Å². The minimum Gasteiger partial charge on any atom is -0.264 e. The number of nitrogens with zero attached hydrogens (tertiary/aromatic N) is 4. The van der Waals surface area contributed by atoms with E-state index in [1.807, 2.05) is 43.3 Å². The standard InChI is InChI=1S/C15H13N5S/c1-11-4-6-12(7-5-11)9-17-20-14(18-19-15(20)21)13-3-2-8-16-10-13/h2-10H,1H3,(H,19,21)/b17-9-.